The van der Waals surface area contributed by atoms with Gasteiger partial charge in [0, 0.05) is 13.0 Å². The minimum Gasteiger partial charge on any atom is -0.481 e. The topological polar surface area (TPSA) is 139 Å². The molecule has 0 spiro atoms. The van der Waals surface area contributed by atoms with Crippen LogP contribution in [0.4, 0.5) is 0 Å². The predicted octanol–water partition coefficient (Wildman–Crippen LogP) is -1.82. The van der Waals surface area contributed by atoms with Gasteiger partial charge in [-0.25, -0.2) is 0 Å². The molecule has 8 heteroatoms. The summed E-state index contributed by atoms with van der Waals surface area (Å²) in [6, 6.07) is -0.871. The second-order valence-electron chi connectivity index (χ2n) is 3.82. The van der Waals surface area contributed by atoms with Crippen molar-refractivity contribution in [2.75, 3.05) is 19.6 Å². The fraction of sp³-hybridized carbons (Fsp3) is 0.800. The number of rotatable bonds is 11. The third-order valence-electron chi connectivity index (χ3n) is 2.19. The molecule has 0 aromatic rings. The Balaban J connectivity index is 3.64. The number of hydrogen-bond acceptors (Lipinski definition) is 6. The van der Waals surface area contributed by atoms with Gasteiger partial charge in [-0.05, 0) is 25.9 Å². The van der Waals surface area contributed by atoms with E-state index in [2.05, 4.69) is 10.6 Å². The van der Waals surface area contributed by atoms with Gasteiger partial charge >= 0.3 is 11.9 Å². The number of hydrogen-bond donors (Lipinski definition) is 6. The summed E-state index contributed by atoms with van der Waals surface area (Å²) in [5.41, 5.74) is 0. The first-order valence-electron chi connectivity index (χ1n) is 5.68. The zero-order valence-corrected chi connectivity index (χ0v) is 10.0. The fourth-order valence-corrected chi connectivity index (χ4v) is 1.30. The quantitative estimate of drug-likeness (QED) is 0.189. The Bertz CT molecular complexity index is 259. The average Bonchev–Trinajstić information content (AvgIpc) is 2.25. The van der Waals surface area contributed by atoms with E-state index in [9.17, 15) is 9.59 Å². The highest BCUT2D eigenvalue weighted by atomic mass is 16.5. The minimum absolute atomic E-state index is 0.0352. The Morgan fingerprint density at radius 1 is 1.11 bits per heavy atom. The molecular formula is C10H20N2O6. The molecule has 0 aromatic carbocycles. The minimum atomic E-state index is -1.40. The van der Waals surface area contributed by atoms with Gasteiger partial charge < -0.3 is 31.1 Å². The number of aliphatic carboxylic acids is 2. The number of nitrogens with one attached hydrogen (secondary N) is 2. The Hall–Kier alpha value is -1.22. The molecule has 0 heterocycles. The van der Waals surface area contributed by atoms with E-state index in [-0.39, 0.29) is 19.4 Å². The van der Waals surface area contributed by atoms with Crippen molar-refractivity contribution in [3.05, 3.63) is 0 Å². The summed E-state index contributed by atoms with van der Waals surface area (Å²) >= 11 is 0. The fourth-order valence-electron chi connectivity index (χ4n) is 1.30. The summed E-state index contributed by atoms with van der Waals surface area (Å²) in [5.74, 6) is -2.10. The first kappa shape index (κ1) is 16.8. The summed E-state index contributed by atoms with van der Waals surface area (Å²) in [6.45, 7) is 0.975. The number of aliphatic hydroxyl groups is 2. The molecule has 0 aromatic heterocycles. The largest absolute Gasteiger partial charge is 0.481 e. The van der Waals surface area contributed by atoms with E-state index in [1.807, 2.05) is 0 Å². The molecule has 0 aliphatic carbocycles. The maximum Gasteiger partial charge on any atom is 0.320 e. The van der Waals surface area contributed by atoms with Crippen LogP contribution in [0.1, 0.15) is 19.3 Å². The zero-order chi connectivity index (χ0) is 14.0. The van der Waals surface area contributed by atoms with Crippen molar-refractivity contribution in [1.29, 1.82) is 0 Å². The van der Waals surface area contributed by atoms with Gasteiger partial charge in [0.25, 0.3) is 0 Å². The third kappa shape index (κ3) is 9.97. The van der Waals surface area contributed by atoms with Crippen LogP contribution >= 0.6 is 0 Å². The van der Waals surface area contributed by atoms with E-state index in [4.69, 9.17) is 20.4 Å². The van der Waals surface area contributed by atoms with Gasteiger partial charge in [-0.3, -0.25) is 9.59 Å². The number of aliphatic hydroxyl groups excluding tert-OH is 1. The molecule has 8 nitrogen and oxygen atoms in total. The Kier molecular flexibility index (Phi) is 9.11. The lowest BCUT2D eigenvalue weighted by Gasteiger charge is -2.13. The smallest absolute Gasteiger partial charge is 0.320 e. The van der Waals surface area contributed by atoms with Crippen molar-refractivity contribution in [2.24, 2.45) is 0 Å². The molecule has 0 fully saturated rings. The summed E-state index contributed by atoms with van der Waals surface area (Å²) in [7, 11) is 0. The van der Waals surface area contributed by atoms with Crippen molar-refractivity contribution in [3.63, 3.8) is 0 Å². The number of carboxylic acids is 2. The lowest BCUT2D eigenvalue weighted by atomic mass is 10.1. The second kappa shape index (κ2) is 9.77. The molecule has 0 unspecified atom stereocenters. The van der Waals surface area contributed by atoms with Crippen LogP contribution in [0, 0.1) is 0 Å². The maximum atomic E-state index is 10.8. The summed E-state index contributed by atoms with van der Waals surface area (Å²) in [5, 5.41) is 39.8. The second-order valence-corrected chi connectivity index (χ2v) is 3.82. The van der Waals surface area contributed by atoms with Crippen LogP contribution in [-0.2, 0) is 9.59 Å². The molecule has 106 valence electrons. The summed E-state index contributed by atoms with van der Waals surface area (Å²) in [4.78, 5) is 21.1. The molecule has 0 saturated carbocycles. The monoisotopic (exact) mass is 264 g/mol. The molecule has 0 aliphatic heterocycles. The van der Waals surface area contributed by atoms with Gasteiger partial charge in [-0.2, -0.15) is 0 Å². The Morgan fingerprint density at radius 2 is 1.78 bits per heavy atom. The van der Waals surface area contributed by atoms with Crippen molar-refractivity contribution in [1.82, 2.24) is 10.6 Å². The van der Waals surface area contributed by atoms with Crippen molar-refractivity contribution < 1.29 is 30.0 Å². The number of carbonyl (C=O) groups is 2. The molecule has 0 rings (SSSR count). The van der Waals surface area contributed by atoms with Gasteiger partial charge in [-0.15, -0.1) is 0 Å². The molecule has 0 radical (unpaired) electrons. The van der Waals surface area contributed by atoms with E-state index in [0.29, 0.717) is 19.5 Å². The molecule has 0 aliphatic rings. The Morgan fingerprint density at radius 3 is 2.28 bits per heavy atom. The summed E-state index contributed by atoms with van der Waals surface area (Å²) < 4.78 is 0. The van der Waals surface area contributed by atoms with E-state index in [1.165, 1.54) is 0 Å². The van der Waals surface area contributed by atoms with Crippen LogP contribution in [-0.4, -0.2) is 64.3 Å². The molecule has 1 atom stereocenters. The Labute approximate surface area is 105 Å². The van der Waals surface area contributed by atoms with Crippen LogP contribution in [0.15, 0.2) is 0 Å². The maximum absolute atomic E-state index is 10.8. The van der Waals surface area contributed by atoms with Crippen LogP contribution in [0.2, 0.25) is 0 Å². The van der Waals surface area contributed by atoms with Gasteiger partial charge in [0.15, 0.2) is 6.29 Å². The zero-order valence-electron chi connectivity index (χ0n) is 10.0. The van der Waals surface area contributed by atoms with Crippen LogP contribution < -0.4 is 10.6 Å². The lowest BCUT2D eigenvalue weighted by molar-refractivity contribution is -0.140. The first-order chi connectivity index (χ1) is 8.43. The third-order valence-corrected chi connectivity index (χ3v) is 2.19. The molecule has 0 amide bonds. The van der Waals surface area contributed by atoms with Crippen LogP contribution in [0.25, 0.3) is 0 Å². The number of carboxylic acid groups (broad SMARTS) is 2. The molecule has 0 bridgehead atoms. The normalized spacial score (nSPS) is 12.6. The van der Waals surface area contributed by atoms with Crippen molar-refractivity contribution >= 4 is 11.9 Å². The highest BCUT2D eigenvalue weighted by molar-refractivity contribution is 5.75. The van der Waals surface area contributed by atoms with E-state index < -0.39 is 24.3 Å². The van der Waals surface area contributed by atoms with Crippen LogP contribution in [0.3, 0.4) is 0 Å². The van der Waals surface area contributed by atoms with E-state index >= 15 is 0 Å². The first-order valence-corrected chi connectivity index (χ1v) is 5.68. The highest BCUT2D eigenvalue weighted by Crippen LogP contribution is 1.98. The van der Waals surface area contributed by atoms with Crippen molar-refractivity contribution in [2.45, 2.75) is 31.6 Å². The molecule has 18 heavy (non-hydrogen) atoms. The van der Waals surface area contributed by atoms with E-state index in [0.717, 1.165) is 0 Å². The average molecular weight is 264 g/mol. The molecular weight excluding hydrogens is 244 g/mol. The van der Waals surface area contributed by atoms with Gasteiger partial charge in [0.1, 0.15) is 6.04 Å². The summed E-state index contributed by atoms with van der Waals surface area (Å²) in [6.07, 6.45) is -0.962. The lowest BCUT2D eigenvalue weighted by Crippen LogP contribution is -2.38. The van der Waals surface area contributed by atoms with Gasteiger partial charge in [-0.1, -0.05) is 0 Å². The molecule has 0 saturated heterocycles. The SMILES string of the molecule is O=C(O)CC[C@H](NCCCNCC(O)O)C(=O)O. The standard InChI is InChI=1S/C10H20N2O6/c13-8(14)3-2-7(10(17)18)12-5-1-4-11-6-9(15)16/h7,9,11-12,15-16H,1-6H2,(H,13,14)(H,17,18)/t7-/m0/s1. The molecule has 6 N–H and O–H groups in total. The highest BCUT2D eigenvalue weighted by Gasteiger charge is 2.17. The predicted molar refractivity (Wildman–Crippen MR) is 62.0 cm³/mol. The van der Waals surface area contributed by atoms with Gasteiger partial charge in [0.2, 0.25) is 0 Å². The van der Waals surface area contributed by atoms with Crippen LogP contribution in [0.5, 0.6) is 0 Å². The van der Waals surface area contributed by atoms with E-state index in [1.54, 1.807) is 0 Å². The van der Waals surface area contributed by atoms with Crippen molar-refractivity contribution in [3.8, 4) is 0 Å². The van der Waals surface area contributed by atoms with Gasteiger partial charge in [0.05, 0.1) is 0 Å².